The Labute approximate surface area is 168 Å². The van der Waals surface area contributed by atoms with Gasteiger partial charge in [-0.2, -0.15) is 0 Å². The van der Waals surface area contributed by atoms with Crippen molar-refractivity contribution in [2.45, 2.75) is 25.3 Å². The van der Waals surface area contributed by atoms with Gasteiger partial charge in [0.1, 0.15) is 16.5 Å². The predicted octanol–water partition coefficient (Wildman–Crippen LogP) is 3.88. The lowest BCUT2D eigenvalue weighted by Gasteiger charge is -2.25. The molecule has 0 saturated carbocycles. The quantitative estimate of drug-likeness (QED) is 0.501. The molecule has 0 unspecified atom stereocenters. The molecule has 6 nitrogen and oxygen atoms in total. The number of benzene rings is 2. The van der Waals surface area contributed by atoms with Crippen LogP contribution in [-0.2, 0) is 16.6 Å². The van der Waals surface area contributed by atoms with Crippen LogP contribution in [0.3, 0.4) is 0 Å². The monoisotopic (exact) mass is 410 g/mol. The van der Waals surface area contributed by atoms with E-state index in [4.69, 9.17) is 0 Å². The molecular weight excluding hydrogens is 391 g/mol. The van der Waals surface area contributed by atoms with Gasteiger partial charge in [0.15, 0.2) is 5.65 Å². The first-order chi connectivity index (χ1) is 13.8. The number of fused-ring (bicyclic) bond motifs is 1. The lowest BCUT2D eigenvalue weighted by molar-refractivity contribution is 0.589. The summed E-state index contributed by atoms with van der Waals surface area (Å²) < 4.78 is 43.5. The van der Waals surface area contributed by atoms with Crippen molar-refractivity contribution in [2.75, 3.05) is 4.31 Å². The van der Waals surface area contributed by atoms with E-state index in [1.165, 1.54) is 40.8 Å². The standard InChI is InChI=1S/C21H19FN4O2S/c1-15-4-3-5-17(12-15)13-26(19-8-6-18(22)7-9-19)29(27,28)20-10-11-21-24-23-16(2)25(21)14-20/h3-12,14H,13H2,1-2H3. The molecule has 0 spiro atoms. The van der Waals surface area contributed by atoms with Crippen LogP contribution in [0.1, 0.15) is 17.0 Å². The van der Waals surface area contributed by atoms with Crippen molar-refractivity contribution < 1.29 is 12.8 Å². The highest BCUT2D eigenvalue weighted by Gasteiger charge is 2.26. The molecule has 4 rings (SSSR count). The summed E-state index contributed by atoms with van der Waals surface area (Å²) in [4.78, 5) is 0.102. The zero-order chi connectivity index (χ0) is 20.6. The van der Waals surface area contributed by atoms with Crippen LogP contribution < -0.4 is 4.31 Å². The van der Waals surface area contributed by atoms with Crippen LogP contribution in [0.25, 0.3) is 5.65 Å². The second kappa shape index (κ2) is 7.29. The van der Waals surface area contributed by atoms with Crippen LogP contribution in [0.4, 0.5) is 10.1 Å². The fraction of sp³-hybridized carbons (Fsp3) is 0.143. The van der Waals surface area contributed by atoms with E-state index in [9.17, 15) is 12.8 Å². The number of aryl methyl sites for hydroxylation is 2. The Balaban J connectivity index is 1.83. The van der Waals surface area contributed by atoms with Gasteiger partial charge in [0.25, 0.3) is 10.0 Å². The SMILES string of the molecule is Cc1cccc(CN(c2ccc(F)cc2)S(=O)(=O)c2ccc3nnc(C)n3c2)c1. The maximum atomic E-state index is 13.6. The van der Waals surface area contributed by atoms with Crippen molar-refractivity contribution >= 4 is 21.4 Å². The highest BCUT2D eigenvalue weighted by Crippen LogP contribution is 2.27. The Morgan fingerprint density at radius 1 is 1.00 bits per heavy atom. The molecule has 0 bridgehead atoms. The third-order valence-electron chi connectivity index (χ3n) is 4.66. The number of anilines is 1. The average molecular weight is 410 g/mol. The summed E-state index contributed by atoms with van der Waals surface area (Å²) in [6.45, 7) is 3.82. The zero-order valence-corrected chi connectivity index (χ0v) is 16.8. The van der Waals surface area contributed by atoms with Gasteiger partial charge >= 0.3 is 0 Å². The van der Waals surface area contributed by atoms with Gasteiger partial charge in [0, 0.05) is 6.20 Å². The Morgan fingerprint density at radius 3 is 2.48 bits per heavy atom. The molecule has 0 aliphatic heterocycles. The molecular formula is C21H19FN4O2S. The van der Waals surface area contributed by atoms with E-state index in [0.717, 1.165) is 11.1 Å². The average Bonchev–Trinajstić information content (AvgIpc) is 3.07. The maximum absolute atomic E-state index is 13.6. The number of halogens is 1. The molecule has 8 heteroatoms. The first kappa shape index (κ1) is 19.1. The molecule has 0 aliphatic rings. The van der Waals surface area contributed by atoms with Gasteiger partial charge in [0.05, 0.1) is 12.2 Å². The minimum absolute atomic E-state index is 0.102. The molecule has 0 fully saturated rings. The number of aromatic nitrogens is 3. The topological polar surface area (TPSA) is 67.6 Å². The van der Waals surface area contributed by atoms with Gasteiger partial charge in [-0.1, -0.05) is 29.8 Å². The number of sulfonamides is 1. The Morgan fingerprint density at radius 2 is 1.76 bits per heavy atom. The summed E-state index contributed by atoms with van der Waals surface area (Å²) in [6, 6.07) is 16.2. The second-order valence-electron chi connectivity index (χ2n) is 6.82. The lowest BCUT2D eigenvalue weighted by Crippen LogP contribution is -2.30. The molecule has 2 aromatic heterocycles. The third kappa shape index (κ3) is 3.71. The van der Waals surface area contributed by atoms with Crippen LogP contribution in [0, 0.1) is 19.7 Å². The fourth-order valence-electron chi connectivity index (χ4n) is 3.16. The summed E-state index contributed by atoms with van der Waals surface area (Å²) in [7, 11) is -3.93. The summed E-state index contributed by atoms with van der Waals surface area (Å²) in [6.07, 6.45) is 1.51. The van der Waals surface area contributed by atoms with Gasteiger partial charge in [0.2, 0.25) is 0 Å². The van der Waals surface area contributed by atoms with Crippen LogP contribution in [0.5, 0.6) is 0 Å². The van der Waals surface area contributed by atoms with Gasteiger partial charge in [-0.3, -0.25) is 8.71 Å². The summed E-state index contributed by atoms with van der Waals surface area (Å²) in [5.41, 5.74) is 2.81. The van der Waals surface area contributed by atoms with E-state index in [-0.39, 0.29) is 11.4 Å². The summed E-state index contributed by atoms with van der Waals surface area (Å²) >= 11 is 0. The van der Waals surface area contributed by atoms with Crippen LogP contribution in [0.15, 0.2) is 71.8 Å². The lowest BCUT2D eigenvalue weighted by atomic mass is 10.1. The number of pyridine rings is 1. The van der Waals surface area contributed by atoms with E-state index >= 15 is 0 Å². The maximum Gasteiger partial charge on any atom is 0.266 e. The number of hydrogen-bond donors (Lipinski definition) is 0. The van der Waals surface area contributed by atoms with Crippen molar-refractivity contribution in [3.05, 3.63) is 89.6 Å². The Bertz CT molecular complexity index is 1280. The van der Waals surface area contributed by atoms with E-state index < -0.39 is 15.8 Å². The van der Waals surface area contributed by atoms with Crippen LogP contribution >= 0.6 is 0 Å². The molecule has 0 saturated heterocycles. The third-order valence-corrected chi connectivity index (χ3v) is 6.41. The van der Waals surface area contributed by atoms with E-state index in [1.54, 1.807) is 17.4 Å². The van der Waals surface area contributed by atoms with E-state index in [2.05, 4.69) is 10.2 Å². The summed E-state index contributed by atoms with van der Waals surface area (Å²) in [5.74, 6) is 0.159. The van der Waals surface area contributed by atoms with Gasteiger partial charge < -0.3 is 0 Å². The molecule has 0 amide bonds. The largest absolute Gasteiger partial charge is 0.285 e. The van der Waals surface area contributed by atoms with Gasteiger partial charge in [-0.15, -0.1) is 10.2 Å². The van der Waals surface area contributed by atoms with Gasteiger partial charge in [-0.25, -0.2) is 12.8 Å². The molecule has 148 valence electrons. The van der Waals surface area contributed by atoms with Crippen molar-refractivity contribution in [1.82, 2.24) is 14.6 Å². The molecule has 0 atom stereocenters. The minimum atomic E-state index is -3.93. The number of hydrogen-bond acceptors (Lipinski definition) is 4. The zero-order valence-electron chi connectivity index (χ0n) is 15.9. The van der Waals surface area contributed by atoms with E-state index in [1.807, 2.05) is 31.2 Å². The normalized spacial score (nSPS) is 11.7. The first-order valence-electron chi connectivity index (χ1n) is 9.00. The smallest absolute Gasteiger partial charge is 0.266 e. The fourth-order valence-corrected chi connectivity index (χ4v) is 4.62. The second-order valence-corrected chi connectivity index (χ2v) is 8.68. The molecule has 29 heavy (non-hydrogen) atoms. The Hall–Kier alpha value is -3.26. The Kier molecular flexibility index (Phi) is 4.79. The first-order valence-corrected chi connectivity index (χ1v) is 10.4. The number of rotatable bonds is 5. The van der Waals surface area contributed by atoms with Crippen LogP contribution in [-0.4, -0.2) is 23.0 Å². The predicted molar refractivity (Wildman–Crippen MR) is 109 cm³/mol. The molecule has 4 aromatic rings. The number of nitrogens with zero attached hydrogens (tertiary/aromatic N) is 4. The summed E-state index contributed by atoms with van der Waals surface area (Å²) in [5, 5.41) is 7.97. The van der Waals surface area contributed by atoms with Crippen LogP contribution in [0.2, 0.25) is 0 Å². The molecule has 0 N–H and O–H groups in total. The molecule has 0 aliphatic carbocycles. The van der Waals surface area contributed by atoms with Gasteiger partial charge in [-0.05, 0) is 55.8 Å². The van der Waals surface area contributed by atoms with Crippen molar-refractivity contribution in [1.29, 1.82) is 0 Å². The molecule has 2 heterocycles. The van der Waals surface area contributed by atoms with Crippen molar-refractivity contribution in [3.63, 3.8) is 0 Å². The van der Waals surface area contributed by atoms with Crippen molar-refractivity contribution in [3.8, 4) is 0 Å². The van der Waals surface area contributed by atoms with Crippen molar-refractivity contribution in [2.24, 2.45) is 0 Å². The minimum Gasteiger partial charge on any atom is -0.285 e. The molecule has 2 aromatic carbocycles. The van der Waals surface area contributed by atoms with E-state index in [0.29, 0.717) is 17.2 Å². The molecule has 0 radical (unpaired) electrons. The highest BCUT2D eigenvalue weighted by atomic mass is 32.2. The highest BCUT2D eigenvalue weighted by molar-refractivity contribution is 7.92.